The molecule has 2 amide bonds. The van der Waals surface area contributed by atoms with Crippen molar-refractivity contribution in [2.75, 3.05) is 17.2 Å². The van der Waals surface area contributed by atoms with E-state index in [1.54, 1.807) is 12.1 Å². The van der Waals surface area contributed by atoms with Crippen LogP contribution in [-0.4, -0.2) is 24.4 Å². The van der Waals surface area contributed by atoms with Gasteiger partial charge in [-0.3, -0.25) is 14.4 Å². The summed E-state index contributed by atoms with van der Waals surface area (Å²) in [7, 11) is 0. The second-order valence-electron chi connectivity index (χ2n) is 6.79. The molecule has 0 aliphatic carbocycles. The molecule has 0 saturated heterocycles. The molecule has 2 rings (SSSR count). The molecule has 0 unspecified atom stereocenters. The Morgan fingerprint density at radius 3 is 2.21 bits per heavy atom. The van der Waals surface area contributed by atoms with Crippen molar-refractivity contribution in [3.63, 3.8) is 0 Å². The van der Waals surface area contributed by atoms with E-state index in [1.807, 2.05) is 51.1 Å². The van der Waals surface area contributed by atoms with Crippen LogP contribution < -0.4 is 10.6 Å². The number of carbonyl (C=O) groups excluding carboxylic acids is 3. The molecule has 0 aliphatic heterocycles. The van der Waals surface area contributed by atoms with Gasteiger partial charge >= 0.3 is 5.97 Å². The lowest BCUT2D eigenvalue weighted by Crippen LogP contribution is -2.21. The Morgan fingerprint density at radius 2 is 1.50 bits per heavy atom. The Balaban J connectivity index is 1.65. The summed E-state index contributed by atoms with van der Waals surface area (Å²) >= 11 is 0. The van der Waals surface area contributed by atoms with Crippen LogP contribution in [-0.2, 0) is 19.1 Å². The lowest BCUT2D eigenvalue weighted by atomic mass is 10.1. The first-order valence-electron chi connectivity index (χ1n) is 9.23. The second kappa shape index (κ2) is 10.3. The minimum absolute atomic E-state index is 0.0814. The third-order valence-corrected chi connectivity index (χ3v) is 4.15. The highest BCUT2D eigenvalue weighted by atomic mass is 16.5. The van der Waals surface area contributed by atoms with Crippen molar-refractivity contribution < 1.29 is 19.1 Å². The van der Waals surface area contributed by atoms with Crippen LogP contribution in [0.5, 0.6) is 0 Å². The van der Waals surface area contributed by atoms with E-state index in [-0.39, 0.29) is 25.4 Å². The largest absolute Gasteiger partial charge is 0.456 e. The molecule has 2 N–H and O–H groups in total. The zero-order valence-corrected chi connectivity index (χ0v) is 16.5. The van der Waals surface area contributed by atoms with E-state index in [0.717, 1.165) is 22.4 Å². The molecule has 6 nitrogen and oxygen atoms in total. The molecular formula is C22H26N2O4. The van der Waals surface area contributed by atoms with E-state index in [2.05, 4.69) is 10.6 Å². The number of ether oxygens (including phenoxy) is 1. The first kappa shape index (κ1) is 21.2. The third-order valence-electron chi connectivity index (χ3n) is 4.15. The Morgan fingerprint density at radius 1 is 0.821 bits per heavy atom. The fourth-order valence-corrected chi connectivity index (χ4v) is 2.53. The minimum Gasteiger partial charge on any atom is -0.456 e. The smallest absolute Gasteiger partial charge is 0.306 e. The van der Waals surface area contributed by atoms with Crippen molar-refractivity contribution in [2.24, 2.45) is 0 Å². The molecule has 0 aliphatic rings. The summed E-state index contributed by atoms with van der Waals surface area (Å²) in [6.07, 6.45) is 0.644. The summed E-state index contributed by atoms with van der Waals surface area (Å²) in [6, 6.07) is 13.2. The van der Waals surface area contributed by atoms with E-state index < -0.39 is 11.9 Å². The fraction of sp³-hybridized carbons (Fsp3) is 0.318. The first-order chi connectivity index (χ1) is 13.3. The number of carbonyl (C=O) groups is 3. The summed E-state index contributed by atoms with van der Waals surface area (Å²) in [5.41, 5.74) is 4.56. The maximum absolute atomic E-state index is 12.0. The number of benzene rings is 2. The summed E-state index contributed by atoms with van der Waals surface area (Å²) < 4.78 is 4.95. The van der Waals surface area contributed by atoms with Gasteiger partial charge in [-0.25, -0.2) is 0 Å². The highest BCUT2D eigenvalue weighted by Crippen LogP contribution is 2.17. The van der Waals surface area contributed by atoms with Gasteiger partial charge in [0.25, 0.3) is 5.91 Å². The van der Waals surface area contributed by atoms with Gasteiger partial charge in [0.2, 0.25) is 5.91 Å². The van der Waals surface area contributed by atoms with Gasteiger partial charge in [-0.05, 0) is 56.5 Å². The average molecular weight is 382 g/mol. The molecule has 148 valence electrons. The van der Waals surface area contributed by atoms with Gasteiger partial charge in [-0.2, -0.15) is 0 Å². The number of aryl methyl sites for hydroxylation is 3. The summed E-state index contributed by atoms with van der Waals surface area (Å²) in [4.78, 5) is 35.6. The molecule has 6 heteroatoms. The molecule has 28 heavy (non-hydrogen) atoms. The van der Waals surface area contributed by atoms with Gasteiger partial charge in [0, 0.05) is 24.2 Å². The topological polar surface area (TPSA) is 84.5 Å². The molecule has 0 atom stereocenters. The zero-order valence-electron chi connectivity index (χ0n) is 16.5. The van der Waals surface area contributed by atoms with Gasteiger partial charge in [0.05, 0.1) is 0 Å². The predicted molar refractivity (Wildman–Crippen MR) is 109 cm³/mol. The summed E-state index contributed by atoms with van der Waals surface area (Å²) in [6.45, 7) is 5.49. The number of nitrogens with one attached hydrogen (secondary N) is 2. The van der Waals surface area contributed by atoms with Crippen molar-refractivity contribution >= 4 is 29.2 Å². The van der Waals surface area contributed by atoms with E-state index in [1.165, 1.54) is 0 Å². The Kier molecular flexibility index (Phi) is 7.75. The monoisotopic (exact) mass is 382 g/mol. The quantitative estimate of drug-likeness (QED) is 0.678. The standard InChI is InChI=1S/C22H26N2O4/c1-15-8-11-18(12-9-15)23-21(26)14-28-22(27)6-4-5-20(25)24-19-13-16(2)7-10-17(19)3/h7-13H,4-6,14H2,1-3H3,(H,23,26)(H,24,25). The van der Waals surface area contributed by atoms with Crippen LogP contribution in [0.4, 0.5) is 11.4 Å². The first-order valence-corrected chi connectivity index (χ1v) is 9.23. The Hall–Kier alpha value is -3.15. The van der Waals surface area contributed by atoms with E-state index in [4.69, 9.17) is 4.74 Å². The van der Waals surface area contributed by atoms with Crippen LogP contribution in [0, 0.1) is 20.8 Å². The van der Waals surface area contributed by atoms with Gasteiger partial charge in [0.1, 0.15) is 0 Å². The lowest BCUT2D eigenvalue weighted by Gasteiger charge is -2.09. The van der Waals surface area contributed by atoms with Gasteiger partial charge in [-0.15, -0.1) is 0 Å². The van der Waals surface area contributed by atoms with Crippen LogP contribution in [0.15, 0.2) is 42.5 Å². The normalized spacial score (nSPS) is 10.2. The molecule has 0 bridgehead atoms. The molecule has 0 heterocycles. The van der Waals surface area contributed by atoms with Gasteiger partial charge in [0.15, 0.2) is 6.61 Å². The molecule has 2 aromatic rings. The van der Waals surface area contributed by atoms with E-state index >= 15 is 0 Å². The summed E-state index contributed by atoms with van der Waals surface area (Å²) in [5, 5.41) is 5.51. The van der Waals surface area contributed by atoms with Crippen molar-refractivity contribution in [3.05, 3.63) is 59.2 Å². The molecule has 0 radical (unpaired) electrons. The third kappa shape index (κ3) is 7.23. The van der Waals surface area contributed by atoms with Crippen molar-refractivity contribution in [1.82, 2.24) is 0 Å². The van der Waals surface area contributed by atoms with Gasteiger partial charge < -0.3 is 15.4 Å². The van der Waals surface area contributed by atoms with Crippen LogP contribution in [0.1, 0.15) is 36.0 Å². The molecule has 0 spiro atoms. The summed E-state index contributed by atoms with van der Waals surface area (Å²) in [5.74, 6) is -1.05. The van der Waals surface area contributed by atoms with Crippen molar-refractivity contribution in [1.29, 1.82) is 0 Å². The van der Waals surface area contributed by atoms with Crippen LogP contribution in [0.2, 0.25) is 0 Å². The van der Waals surface area contributed by atoms with E-state index in [9.17, 15) is 14.4 Å². The Bertz CT molecular complexity index is 844. The number of hydrogen-bond donors (Lipinski definition) is 2. The number of hydrogen-bond acceptors (Lipinski definition) is 4. The Labute approximate surface area is 165 Å². The van der Waals surface area contributed by atoms with Crippen LogP contribution >= 0.6 is 0 Å². The van der Waals surface area contributed by atoms with Crippen LogP contribution in [0.3, 0.4) is 0 Å². The molecular weight excluding hydrogens is 356 g/mol. The van der Waals surface area contributed by atoms with Gasteiger partial charge in [-0.1, -0.05) is 29.8 Å². The van der Waals surface area contributed by atoms with Crippen molar-refractivity contribution in [2.45, 2.75) is 40.0 Å². The fourth-order valence-electron chi connectivity index (χ4n) is 2.53. The number of anilines is 2. The molecule has 0 saturated carbocycles. The average Bonchev–Trinajstić information content (AvgIpc) is 2.65. The molecule has 2 aromatic carbocycles. The predicted octanol–water partition coefficient (Wildman–Crippen LogP) is 3.90. The number of rotatable bonds is 8. The maximum Gasteiger partial charge on any atom is 0.306 e. The molecule has 0 fully saturated rings. The minimum atomic E-state index is -0.501. The molecule has 0 aromatic heterocycles. The second-order valence-corrected chi connectivity index (χ2v) is 6.79. The number of amides is 2. The maximum atomic E-state index is 12.0. The zero-order chi connectivity index (χ0) is 20.5. The SMILES string of the molecule is Cc1ccc(NC(=O)COC(=O)CCCC(=O)Nc2cc(C)ccc2C)cc1. The lowest BCUT2D eigenvalue weighted by molar-refractivity contribution is -0.147. The van der Waals surface area contributed by atoms with Crippen molar-refractivity contribution in [3.8, 4) is 0 Å². The highest BCUT2D eigenvalue weighted by molar-refractivity contribution is 5.93. The highest BCUT2D eigenvalue weighted by Gasteiger charge is 2.10. The van der Waals surface area contributed by atoms with E-state index in [0.29, 0.717) is 12.1 Å². The van der Waals surface area contributed by atoms with Crippen LogP contribution in [0.25, 0.3) is 0 Å². The number of esters is 1.